The molecule has 7 heteroatoms. The summed E-state index contributed by atoms with van der Waals surface area (Å²) in [5.41, 5.74) is 0.524. The van der Waals surface area contributed by atoms with Gasteiger partial charge in [0.05, 0.1) is 29.3 Å². The Morgan fingerprint density at radius 3 is 2.62 bits per heavy atom. The molecule has 1 aromatic heterocycles. The summed E-state index contributed by atoms with van der Waals surface area (Å²) in [4.78, 5) is 29.8. The highest BCUT2D eigenvalue weighted by Gasteiger charge is 2.18. The van der Waals surface area contributed by atoms with E-state index >= 15 is 0 Å². The van der Waals surface area contributed by atoms with E-state index in [0.717, 1.165) is 0 Å². The predicted molar refractivity (Wildman–Crippen MR) is 106 cm³/mol. The topological polar surface area (TPSA) is 73.2 Å². The van der Waals surface area contributed by atoms with Crippen molar-refractivity contribution >= 4 is 28.6 Å². The summed E-state index contributed by atoms with van der Waals surface area (Å²) in [6, 6.07) is 7.18. The monoisotopic (exact) mass is 377 g/mol. The Kier molecular flexibility index (Phi) is 7.23. The number of benzene rings is 1. The third kappa shape index (κ3) is 4.86. The zero-order chi connectivity index (χ0) is 19.3. The molecule has 2 rings (SSSR count). The van der Waals surface area contributed by atoms with E-state index in [1.165, 1.54) is 11.8 Å². The van der Waals surface area contributed by atoms with Crippen molar-refractivity contribution in [3.05, 3.63) is 34.6 Å². The number of carbonyl (C=O) groups is 1. The number of nitrogens with one attached hydrogen (secondary N) is 1. The number of carbonyl (C=O) groups excluding carboxylic acids is 1. The maximum atomic E-state index is 12.9. The number of hydrogen-bond acceptors (Lipinski definition) is 5. The third-order valence-corrected chi connectivity index (χ3v) is 5.30. The van der Waals surface area contributed by atoms with Crippen LogP contribution in [-0.4, -0.2) is 41.0 Å². The van der Waals surface area contributed by atoms with E-state index in [1.54, 1.807) is 17.7 Å². The molecule has 6 nitrogen and oxygen atoms in total. The first-order valence-corrected chi connectivity index (χ1v) is 9.76. The molecule has 0 bridgehead atoms. The van der Waals surface area contributed by atoms with Gasteiger partial charge < -0.3 is 10.1 Å². The van der Waals surface area contributed by atoms with E-state index in [2.05, 4.69) is 24.1 Å². The first-order chi connectivity index (χ1) is 12.3. The third-order valence-electron chi connectivity index (χ3n) is 4.35. The highest BCUT2D eigenvalue weighted by atomic mass is 32.2. The number of hydrogen-bond donors (Lipinski definition) is 1. The van der Waals surface area contributed by atoms with E-state index in [0.29, 0.717) is 28.6 Å². The molecule has 1 aromatic carbocycles. The van der Waals surface area contributed by atoms with Crippen LogP contribution in [-0.2, 0) is 9.53 Å². The quantitative estimate of drug-likeness (QED) is 0.566. The Labute approximate surface area is 158 Å². The molecular weight excluding hydrogens is 350 g/mol. The summed E-state index contributed by atoms with van der Waals surface area (Å²) in [7, 11) is 1.60. The Balaban J connectivity index is 2.31. The van der Waals surface area contributed by atoms with Crippen molar-refractivity contribution in [1.82, 2.24) is 14.9 Å². The van der Waals surface area contributed by atoms with Crippen LogP contribution in [0, 0.1) is 5.92 Å². The van der Waals surface area contributed by atoms with E-state index in [9.17, 15) is 9.59 Å². The van der Waals surface area contributed by atoms with Gasteiger partial charge in [0.1, 0.15) is 0 Å². The van der Waals surface area contributed by atoms with Crippen LogP contribution in [0.2, 0.25) is 0 Å². The van der Waals surface area contributed by atoms with Crippen molar-refractivity contribution < 1.29 is 9.53 Å². The van der Waals surface area contributed by atoms with Crippen LogP contribution in [0.3, 0.4) is 0 Å². The molecule has 0 spiro atoms. The minimum Gasteiger partial charge on any atom is -0.383 e. The van der Waals surface area contributed by atoms with Gasteiger partial charge in [0.2, 0.25) is 5.91 Å². The molecule has 0 saturated carbocycles. The van der Waals surface area contributed by atoms with Crippen LogP contribution in [0.5, 0.6) is 0 Å². The number of amides is 1. The average Bonchev–Trinajstić information content (AvgIpc) is 2.60. The zero-order valence-electron chi connectivity index (χ0n) is 16.0. The molecule has 2 aromatic rings. The summed E-state index contributed by atoms with van der Waals surface area (Å²) in [5.74, 6) is 0.508. The van der Waals surface area contributed by atoms with Crippen molar-refractivity contribution in [2.75, 3.05) is 19.5 Å². The van der Waals surface area contributed by atoms with E-state index in [4.69, 9.17) is 4.74 Å². The summed E-state index contributed by atoms with van der Waals surface area (Å²) in [6.45, 7) is 8.41. The molecule has 2 unspecified atom stereocenters. The van der Waals surface area contributed by atoms with Gasteiger partial charge in [-0.1, -0.05) is 37.7 Å². The fraction of sp³-hybridized carbons (Fsp3) is 0.526. The standard InChI is InChI=1S/C19H27N3O3S/c1-12(2)14(4)20-17(23)11-26-19-21-16-9-7-6-8-15(16)18(24)22(19)13(3)10-25-5/h6-9,12-14H,10-11H2,1-5H3,(H,20,23). The van der Waals surface area contributed by atoms with Gasteiger partial charge in [0.15, 0.2) is 5.16 Å². The van der Waals surface area contributed by atoms with Crippen LogP contribution in [0.1, 0.15) is 33.7 Å². The number of aromatic nitrogens is 2. The summed E-state index contributed by atoms with van der Waals surface area (Å²) < 4.78 is 6.83. The minimum absolute atomic E-state index is 0.0652. The van der Waals surface area contributed by atoms with Gasteiger partial charge in [-0.2, -0.15) is 0 Å². The molecule has 0 saturated heterocycles. The molecule has 1 N–H and O–H groups in total. The van der Waals surface area contributed by atoms with E-state index < -0.39 is 0 Å². The van der Waals surface area contributed by atoms with Gasteiger partial charge in [-0.15, -0.1) is 0 Å². The van der Waals surface area contributed by atoms with Crippen LogP contribution >= 0.6 is 11.8 Å². The highest BCUT2D eigenvalue weighted by molar-refractivity contribution is 7.99. The predicted octanol–water partition coefficient (Wildman–Crippen LogP) is 2.86. The first-order valence-electron chi connectivity index (χ1n) is 8.77. The Morgan fingerprint density at radius 1 is 1.27 bits per heavy atom. The van der Waals surface area contributed by atoms with Crippen LogP contribution < -0.4 is 10.9 Å². The maximum Gasteiger partial charge on any atom is 0.262 e. The molecule has 26 heavy (non-hydrogen) atoms. The van der Waals surface area contributed by atoms with Gasteiger partial charge in [-0.25, -0.2) is 4.98 Å². The number of nitrogens with zero attached hydrogens (tertiary/aromatic N) is 2. The molecule has 0 aliphatic rings. The van der Waals surface area contributed by atoms with Crippen molar-refractivity contribution in [2.24, 2.45) is 5.92 Å². The van der Waals surface area contributed by atoms with Gasteiger partial charge >= 0.3 is 0 Å². The van der Waals surface area contributed by atoms with Crippen LogP contribution in [0.25, 0.3) is 10.9 Å². The van der Waals surface area contributed by atoms with Crippen molar-refractivity contribution in [2.45, 2.75) is 44.9 Å². The smallest absolute Gasteiger partial charge is 0.262 e. The molecule has 142 valence electrons. The van der Waals surface area contributed by atoms with Crippen LogP contribution in [0.15, 0.2) is 34.2 Å². The lowest BCUT2D eigenvalue weighted by Crippen LogP contribution is -2.37. The second-order valence-electron chi connectivity index (χ2n) is 6.78. The van der Waals surface area contributed by atoms with Gasteiger partial charge in [0, 0.05) is 13.2 Å². The Morgan fingerprint density at radius 2 is 1.96 bits per heavy atom. The van der Waals surface area contributed by atoms with Crippen LogP contribution in [0.4, 0.5) is 0 Å². The van der Waals surface area contributed by atoms with Crippen molar-refractivity contribution in [3.63, 3.8) is 0 Å². The second kappa shape index (κ2) is 9.19. The van der Waals surface area contributed by atoms with Gasteiger partial charge in [0.25, 0.3) is 5.56 Å². The molecule has 0 aliphatic heterocycles. The molecular formula is C19H27N3O3S. The summed E-state index contributed by atoms with van der Waals surface area (Å²) in [5, 5.41) is 4.08. The fourth-order valence-corrected chi connectivity index (χ4v) is 3.43. The number of rotatable bonds is 8. The van der Waals surface area contributed by atoms with E-state index in [1.807, 2.05) is 32.0 Å². The second-order valence-corrected chi connectivity index (χ2v) is 7.72. The van der Waals surface area contributed by atoms with Crippen molar-refractivity contribution in [1.29, 1.82) is 0 Å². The normalized spacial score (nSPS) is 13.8. The Bertz CT molecular complexity index is 819. The molecule has 0 radical (unpaired) electrons. The number of methoxy groups -OCH3 is 1. The van der Waals surface area contributed by atoms with E-state index in [-0.39, 0.29) is 29.3 Å². The zero-order valence-corrected chi connectivity index (χ0v) is 16.8. The summed E-state index contributed by atoms with van der Waals surface area (Å²) >= 11 is 1.28. The van der Waals surface area contributed by atoms with Crippen molar-refractivity contribution in [3.8, 4) is 0 Å². The number of ether oxygens (including phenoxy) is 1. The molecule has 2 atom stereocenters. The lowest BCUT2D eigenvalue weighted by molar-refractivity contribution is -0.119. The van der Waals surface area contributed by atoms with Gasteiger partial charge in [-0.3, -0.25) is 14.2 Å². The largest absolute Gasteiger partial charge is 0.383 e. The SMILES string of the molecule is COCC(C)n1c(SCC(=O)NC(C)C(C)C)nc2ccccc2c1=O. The molecule has 0 aliphatic carbocycles. The minimum atomic E-state index is -0.176. The van der Waals surface area contributed by atoms with Gasteiger partial charge in [-0.05, 0) is 31.9 Å². The average molecular weight is 378 g/mol. The lowest BCUT2D eigenvalue weighted by atomic mass is 10.1. The number of thioether (sulfide) groups is 1. The fourth-order valence-electron chi connectivity index (χ4n) is 2.52. The molecule has 1 heterocycles. The number of fused-ring (bicyclic) bond motifs is 1. The highest BCUT2D eigenvalue weighted by Crippen LogP contribution is 2.21. The number of para-hydroxylation sites is 1. The summed E-state index contributed by atoms with van der Waals surface area (Å²) in [6.07, 6.45) is 0. The Hall–Kier alpha value is -1.86. The lowest BCUT2D eigenvalue weighted by Gasteiger charge is -2.20. The first kappa shape index (κ1) is 20.5. The molecule has 1 amide bonds. The maximum absolute atomic E-state index is 12.9. The molecule has 0 fully saturated rings.